The molecular weight excluding hydrogens is 294 g/mol. The predicted molar refractivity (Wildman–Crippen MR) is 78.3 cm³/mol. The normalized spacial score (nSPS) is 13.6. The number of hydrogen-bond acceptors (Lipinski definition) is 4. The summed E-state index contributed by atoms with van der Waals surface area (Å²) in [6.45, 7) is 5.77. The number of carboxylic acids is 1. The second kappa shape index (κ2) is 7.04. The van der Waals surface area contributed by atoms with Crippen molar-refractivity contribution in [3.8, 4) is 0 Å². The number of aromatic nitrogens is 2. The highest BCUT2D eigenvalue weighted by Gasteiger charge is 2.22. The first-order valence-electron chi connectivity index (χ1n) is 6.83. The van der Waals surface area contributed by atoms with Crippen molar-refractivity contribution in [3.05, 3.63) is 12.0 Å². The minimum atomic E-state index is -3.70. The molecule has 0 aliphatic carbocycles. The van der Waals surface area contributed by atoms with Gasteiger partial charge in [0.2, 0.25) is 0 Å². The number of nitrogens with zero attached hydrogens (tertiary/aromatic N) is 2. The fourth-order valence-electron chi connectivity index (χ4n) is 2.11. The Balaban J connectivity index is 2.75. The molecule has 0 saturated carbocycles. The van der Waals surface area contributed by atoms with Crippen molar-refractivity contribution in [2.45, 2.75) is 38.6 Å². The standard InChI is InChI=1S/C13H23N3O4S/c1-9(2)5-11(6-13(17)18)7-14-21(19,20)12-8-16(4)10(3)15-12/h8-9,11,14H,5-7H2,1-4H3,(H,17,18). The maximum Gasteiger partial charge on any atom is 0.303 e. The summed E-state index contributed by atoms with van der Waals surface area (Å²) in [6, 6.07) is 0. The molecule has 7 nitrogen and oxygen atoms in total. The highest BCUT2D eigenvalue weighted by atomic mass is 32.2. The van der Waals surface area contributed by atoms with Crippen molar-refractivity contribution in [2.75, 3.05) is 6.54 Å². The minimum Gasteiger partial charge on any atom is -0.481 e. The Morgan fingerprint density at radius 2 is 2.10 bits per heavy atom. The third-order valence-corrected chi connectivity index (χ3v) is 4.49. The molecule has 0 aliphatic heterocycles. The predicted octanol–water partition coefficient (Wildman–Crippen LogP) is 1.14. The molecule has 1 aromatic rings. The van der Waals surface area contributed by atoms with Crippen molar-refractivity contribution >= 4 is 16.0 Å². The van der Waals surface area contributed by atoms with Gasteiger partial charge in [0, 0.05) is 26.2 Å². The number of carbonyl (C=O) groups is 1. The molecule has 0 spiro atoms. The van der Waals surface area contributed by atoms with Gasteiger partial charge in [-0.3, -0.25) is 4.79 Å². The number of nitrogens with one attached hydrogen (secondary N) is 1. The van der Waals surface area contributed by atoms with Gasteiger partial charge in [-0.2, -0.15) is 0 Å². The molecule has 1 rings (SSSR count). The molecule has 21 heavy (non-hydrogen) atoms. The van der Waals surface area contributed by atoms with E-state index in [-0.39, 0.29) is 23.9 Å². The van der Waals surface area contributed by atoms with Crippen LogP contribution < -0.4 is 4.72 Å². The van der Waals surface area contributed by atoms with E-state index in [1.165, 1.54) is 6.20 Å². The zero-order chi connectivity index (χ0) is 16.2. The van der Waals surface area contributed by atoms with Gasteiger partial charge >= 0.3 is 5.97 Å². The molecule has 0 saturated heterocycles. The summed E-state index contributed by atoms with van der Waals surface area (Å²) >= 11 is 0. The Hall–Kier alpha value is -1.41. The molecule has 0 aromatic carbocycles. The lowest BCUT2D eigenvalue weighted by Crippen LogP contribution is -2.31. The van der Waals surface area contributed by atoms with Crippen LogP contribution in [-0.2, 0) is 21.9 Å². The zero-order valence-corrected chi connectivity index (χ0v) is 13.6. The van der Waals surface area contributed by atoms with E-state index in [0.717, 1.165) is 0 Å². The van der Waals surface area contributed by atoms with Crippen LogP contribution in [0.4, 0.5) is 0 Å². The van der Waals surface area contributed by atoms with Crippen molar-refractivity contribution in [1.29, 1.82) is 0 Å². The van der Waals surface area contributed by atoms with Crippen LogP contribution in [0.2, 0.25) is 0 Å². The van der Waals surface area contributed by atoms with E-state index in [9.17, 15) is 13.2 Å². The third-order valence-electron chi connectivity index (χ3n) is 3.19. The second-order valence-electron chi connectivity index (χ2n) is 5.68. The van der Waals surface area contributed by atoms with Crippen LogP contribution in [0.25, 0.3) is 0 Å². The zero-order valence-electron chi connectivity index (χ0n) is 12.8. The average molecular weight is 317 g/mol. The first kappa shape index (κ1) is 17.6. The summed E-state index contributed by atoms with van der Waals surface area (Å²) in [4.78, 5) is 14.8. The molecule has 1 heterocycles. The number of hydrogen-bond donors (Lipinski definition) is 2. The van der Waals surface area contributed by atoms with Crippen LogP contribution in [0.15, 0.2) is 11.2 Å². The molecule has 120 valence electrons. The van der Waals surface area contributed by atoms with Gasteiger partial charge in [-0.1, -0.05) is 13.8 Å². The summed E-state index contributed by atoms with van der Waals surface area (Å²) in [7, 11) is -1.99. The van der Waals surface area contributed by atoms with Crippen molar-refractivity contribution in [3.63, 3.8) is 0 Å². The van der Waals surface area contributed by atoms with E-state index in [4.69, 9.17) is 5.11 Å². The highest BCUT2D eigenvalue weighted by Crippen LogP contribution is 2.16. The van der Waals surface area contributed by atoms with Crippen LogP contribution in [-0.4, -0.2) is 35.6 Å². The summed E-state index contributed by atoms with van der Waals surface area (Å²) in [5, 5.41) is 8.85. The molecule has 1 aromatic heterocycles. The van der Waals surface area contributed by atoms with Gasteiger partial charge in [-0.15, -0.1) is 0 Å². The maximum atomic E-state index is 12.1. The van der Waals surface area contributed by atoms with Crippen LogP contribution in [0.1, 0.15) is 32.5 Å². The van der Waals surface area contributed by atoms with Gasteiger partial charge in [-0.25, -0.2) is 18.1 Å². The Morgan fingerprint density at radius 3 is 2.52 bits per heavy atom. The fraction of sp³-hybridized carbons (Fsp3) is 0.692. The number of aliphatic carboxylic acids is 1. The number of aryl methyl sites for hydroxylation is 2. The van der Waals surface area contributed by atoms with Gasteiger partial charge in [0.05, 0.1) is 0 Å². The first-order valence-corrected chi connectivity index (χ1v) is 8.31. The molecule has 0 bridgehead atoms. The third kappa shape index (κ3) is 5.47. The number of carboxylic acid groups (broad SMARTS) is 1. The largest absolute Gasteiger partial charge is 0.481 e. The summed E-state index contributed by atoms with van der Waals surface area (Å²) in [6.07, 6.45) is 2.03. The topological polar surface area (TPSA) is 101 Å². The van der Waals surface area contributed by atoms with Gasteiger partial charge < -0.3 is 9.67 Å². The number of sulfonamides is 1. The van der Waals surface area contributed by atoms with Crippen LogP contribution in [0.5, 0.6) is 0 Å². The molecule has 1 atom stereocenters. The Labute approximate surface area is 125 Å². The smallest absolute Gasteiger partial charge is 0.303 e. The average Bonchev–Trinajstić information content (AvgIpc) is 2.66. The molecule has 0 radical (unpaired) electrons. The molecule has 1 unspecified atom stereocenters. The number of rotatable bonds is 8. The maximum absolute atomic E-state index is 12.1. The molecule has 0 amide bonds. The highest BCUT2D eigenvalue weighted by molar-refractivity contribution is 7.89. The van der Waals surface area contributed by atoms with Gasteiger partial charge in [0.1, 0.15) is 5.82 Å². The molecule has 2 N–H and O–H groups in total. The molecule has 0 aliphatic rings. The quantitative estimate of drug-likeness (QED) is 0.749. The van der Waals surface area contributed by atoms with Crippen molar-refractivity contribution < 1.29 is 18.3 Å². The van der Waals surface area contributed by atoms with E-state index in [1.807, 2.05) is 13.8 Å². The van der Waals surface area contributed by atoms with Gasteiger partial charge in [0.15, 0.2) is 5.03 Å². The van der Waals surface area contributed by atoms with Crippen molar-refractivity contribution in [1.82, 2.24) is 14.3 Å². The minimum absolute atomic E-state index is 0.0406. The van der Waals surface area contributed by atoms with Gasteiger partial charge in [0.25, 0.3) is 10.0 Å². The Bertz CT molecular complexity index is 573. The Morgan fingerprint density at radius 1 is 1.48 bits per heavy atom. The summed E-state index contributed by atoms with van der Waals surface area (Å²) in [5.74, 6) is -0.258. The molecule has 8 heteroatoms. The van der Waals surface area contributed by atoms with E-state index >= 15 is 0 Å². The summed E-state index contributed by atoms with van der Waals surface area (Å²) in [5.41, 5.74) is 0. The summed E-state index contributed by atoms with van der Waals surface area (Å²) < 4.78 is 28.4. The lowest BCUT2D eigenvalue weighted by molar-refractivity contribution is -0.138. The molecular formula is C13H23N3O4S. The van der Waals surface area contributed by atoms with Crippen LogP contribution in [0.3, 0.4) is 0 Å². The fourth-order valence-corrected chi connectivity index (χ4v) is 3.26. The van der Waals surface area contributed by atoms with E-state index in [1.54, 1.807) is 18.5 Å². The Kier molecular flexibility index (Phi) is 5.91. The lowest BCUT2D eigenvalue weighted by Gasteiger charge is -2.17. The van der Waals surface area contributed by atoms with Crippen LogP contribution >= 0.6 is 0 Å². The van der Waals surface area contributed by atoms with E-state index < -0.39 is 16.0 Å². The molecule has 0 fully saturated rings. The van der Waals surface area contributed by atoms with E-state index in [2.05, 4.69) is 9.71 Å². The van der Waals surface area contributed by atoms with E-state index in [0.29, 0.717) is 18.2 Å². The first-order chi connectivity index (χ1) is 9.61. The lowest BCUT2D eigenvalue weighted by atomic mass is 9.94. The van der Waals surface area contributed by atoms with Crippen LogP contribution in [0, 0.1) is 18.8 Å². The SMILES string of the molecule is Cc1nc(S(=O)(=O)NCC(CC(=O)O)CC(C)C)cn1C. The number of imidazole rings is 1. The monoisotopic (exact) mass is 317 g/mol. The second-order valence-corrected chi connectivity index (χ2v) is 7.40. The van der Waals surface area contributed by atoms with Crippen molar-refractivity contribution in [2.24, 2.45) is 18.9 Å². The van der Waals surface area contributed by atoms with Gasteiger partial charge in [-0.05, 0) is 25.2 Å².